The molecule has 0 aliphatic heterocycles. The van der Waals surface area contributed by atoms with Crippen molar-refractivity contribution < 1.29 is 0 Å². The molecule has 2 rings (SSSR count). The van der Waals surface area contributed by atoms with Gasteiger partial charge in [-0.2, -0.15) is 0 Å². The lowest BCUT2D eigenvalue weighted by Gasteiger charge is -1.99. The van der Waals surface area contributed by atoms with E-state index in [1.807, 2.05) is 12.4 Å². The first-order valence-corrected chi connectivity index (χ1v) is 5.25. The fourth-order valence-electron chi connectivity index (χ4n) is 1.35. The number of fused-ring (bicyclic) bond motifs is 1. The van der Waals surface area contributed by atoms with Crippen LogP contribution < -0.4 is 0 Å². The van der Waals surface area contributed by atoms with Crippen LogP contribution in [0.4, 0.5) is 0 Å². The van der Waals surface area contributed by atoms with Gasteiger partial charge >= 0.3 is 0 Å². The molecule has 0 saturated carbocycles. The van der Waals surface area contributed by atoms with Gasteiger partial charge in [-0.05, 0) is 5.92 Å². The Labute approximate surface area is 90.3 Å². The summed E-state index contributed by atoms with van der Waals surface area (Å²) in [6.45, 7) is 4.29. The van der Waals surface area contributed by atoms with Gasteiger partial charge in [0, 0.05) is 35.0 Å². The highest BCUT2D eigenvalue weighted by Crippen LogP contribution is 2.20. The second-order valence-corrected chi connectivity index (χ2v) is 4.22. The molecule has 0 amide bonds. The maximum absolute atomic E-state index is 4.50. The SMILES string of the molecule is CC(C)c1nc(I)n2ccncc12. The number of hydrogen-bond donors (Lipinski definition) is 0. The molecule has 0 radical (unpaired) electrons. The lowest BCUT2D eigenvalue weighted by Crippen LogP contribution is -1.89. The van der Waals surface area contributed by atoms with Gasteiger partial charge in [-0.3, -0.25) is 9.38 Å². The summed E-state index contributed by atoms with van der Waals surface area (Å²) in [5, 5.41) is 0. The van der Waals surface area contributed by atoms with Crippen molar-refractivity contribution in [2.75, 3.05) is 0 Å². The molecule has 0 atom stereocenters. The van der Waals surface area contributed by atoms with Crippen molar-refractivity contribution in [2.24, 2.45) is 0 Å². The summed E-state index contributed by atoms with van der Waals surface area (Å²) in [6, 6.07) is 0. The first kappa shape index (κ1) is 8.93. The van der Waals surface area contributed by atoms with Crippen molar-refractivity contribution in [3.8, 4) is 0 Å². The number of nitrogens with zero attached hydrogens (tertiary/aromatic N) is 3. The first-order chi connectivity index (χ1) is 6.20. The summed E-state index contributed by atoms with van der Waals surface area (Å²) in [7, 11) is 0. The molecule has 2 heterocycles. The lowest BCUT2D eigenvalue weighted by molar-refractivity contribution is 0.837. The van der Waals surface area contributed by atoms with Crippen LogP contribution in [0.15, 0.2) is 18.6 Å². The molecule has 13 heavy (non-hydrogen) atoms. The van der Waals surface area contributed by atoms with Gasteiger partial charge in [0.1, 0.15) is 0 Å². The highest BCUT2D eigenvalue weighted by Gasteiger charge is 2.11. The molecule has 2 aromatic rings. The second kappa shape index (κ2) is 3.25. The second-order valence-electron chi connectivity index (χ2n) is 3.25. The van der Waals surface area contributed by atoms with Crippen molar-refractivity contribution in [1.82, 2.24) is 14.4 Å². The number of hydrogen-bond acceptors (Lipinski definition) is 2. The number of halogens is 1. The van der Waals surface area contributed by atoms with Crippen molar-refractivity contribution in [1.29, 1.82) is 0 Å². The van der Waals surface area contributed by atoms with Crippen molar-refractivity contribution in [3.05, 3.63) is 28.1 Å². The van der Waals surface area contributed by atoms with Crippen LogP contribution in [-0.4, -0.2) is 14.4 Å². The van der Waals surface area contributed by atoms with Crippen molar-refractivity contribution in [2.45, 2.75) is 19.8 Å². The highest BCUT2D eigenvalue weighted by molar-refractivity contribution is 14.1. The molecule has 3 nitrogen and oxygen atoms in total. The van der Waals surface area contributed by atoms with E-state index in [2.05, 4.69) is 50.8 Å². The molecule has 0 spiro atoms. The fourth-order valence-corrected chi connectivity index (χ4v) is 2.03. The first-order valence-electron chi connectivity index (χ1n) is 4.17. The van der Waals surface area contributed by atoms with Crippen LogP contribution in [0.1, 0.15) is 25.5 Å². The van der Waals surface area contributed by atoms with Crippen molar-refractivity contribution in [3.63, 3.8) is 0 Å². The molecule has 0 unspecified atom stereocenters. The molecule has 0 aliphatic carbocycles. The van der Waals surface area contributed by atoms with Gasteiger partial charge in [0.15, 0.2) is 3.83 Å². The van der Waals surface area contributed by atoms with Gasteiger partial charge in [-0.1, -0.05) is 13.8 Å². The molecule has 0 bridgehead atoms. The van der Waals surface area contributed by atoms with E-state index in [0.29, 0.717) is 5.92 Å². The Morgan fingerprint density at radius 3 is 2.92 bits per heavy atom. The van der Waals surface area contributed by atoms with Crippen LogP contribution in [0.2, 0.25) is 0 Å². The zero-order valence-corrected chi connectivity index (χ0v) is 9.69. The van der Waals surface area contributed by atoms with E-state index in [-0.39, 0.29) is 0 Å². The van der Waals surface area contributed by atoms with E-state index >= 15 is 0 Å². The molecule has 0 fully saturated rings. The fraction of sp³-hybridized carbons (Fsp3) is 0.333. The molecular weight excluding hydrogens is 277 g/mol. The number of aromatic nitrogens is 3. The predicted octanol–water partition coefficient (Wildman–Crippen LogP) is 2.46. The normalized spacial score (nSPS) is 11.4. The summed E-state index contributed by atoms with van der Waals surface area (Å²) < 4.78 is 3.06. The zero-order chi connectivity index (χ0) is 9.42. The zero-order valence-electron chi connectivity index (χ0n) is 7.53. The van der Waals surface area contributed by atoms with Gasteiger partial charge < -0.3 is 0 Å². The number of imidazole rings is 1. The summed E-state index contributed by atoms with van der Waals surface area (Å²) in [4.78, 5) is 8.60. The third-order valence-corrected chi connectivity index (χ3v) is 2.74. The smallest absolute Gasteiger partial charge is 0.176 e. The average molecular weight is 287 g/mol. The summed E-state index contributed by atoms with van der Waals surface area (Å²) >= 11 is 2.24. The maximum atomic E-state index is 4.50. The Morgan fingerprint density at radius 2 is 2.23 bits per heavy atom. The van der Waals surface area contributed by atoms with E-state index in [1.165, 1.54) is 0 Å². The van der Waals surface area contributed by atoms with Crippen LogP contribution in [0.3, 0.4) is 0 Å². The largest absolute Gasteiger partial charge is 0.292 e. The highest BCUT2D eigenvalue weighted by atomic mass is 127. The van der Waals surface area contributed by atoms with Gasteiger partial charge in [0.25, 0.3) is 0 Å². The van der Waals surface area contributed by atoms with E-state index < -0.39 is 0 Å². The monoisotopic (exact) mass is 287 g/mol. The van der Waals surface area contributed by atoms with Crippen LogP contribution in [0, 0.1) is 3.83 Å². The summed E-state index contributed by atoms with van der Waals surface area (Å²) in [6.07, 6.45) is 5.58. The average Bonchev–Trinajstić information content (AvgIpc) is 2.45. The minimum atomic E-state index is 0.447. The minimum Gasteiger partial charge on any atom is -0.292 e. The summed E-state index contributed by atoms with van der Waals surface area (Å²) in [5.74, 6) is 0.447. The van der Waals surface area contributed by atoms with Gasteiger partial charge in [-0.25, -0.2) is 4.98 Å². The maximum Gasteiger partial charge on any atom is 0.176 e. The van der Waals surface area contributed by atoms with E-state index in [4.69, 9.17) is 0 Å². The lowest BCUT2D eigenvalue weighted by atomic mass is 10.1. The Hall–Kier alpha value is -0.650. The van der Waals surface area contributed by atoms with Gasteiger partial charge in [0.2, 0.25) is 0 Å². The Bertz CT molecular complexity index is 433. The molecular formula is C9H10IN3. The number of rotatable bonds is 1. The van der Waals surface area contributed by atoms with Gasteiger partial charge in [-0.15, -0.1) is 0 Å². The third kappa shape index (κ3) is 1.43. The van der Waals surface area contributed by atoms with Gasteiger partial charge in [0.05, 0.1) is 17.4 Å². The van der Waals surface area contributed by atoms with Crippen LogP contribution in [0.5, 0.6) is 0 Å². The topological polar surface area (TPSA) is 30.2 Å². The summed E-state index contributed by atoms with van der Waals surface area (Å²) in [5.41, 5.74) is 2.24. The quantitative estimate of drug-likeness (QED) is 0.754. The molecule has 68 valence electrons. The Morgan fingerprint density at radius 1 is 1.46 bits per heavy atom. The van der Waals surface area contributed by atoms with Crippen LogP contribution in [0.25, 0.3) is 5.52 Å². The molecule has 0 N–H and O–H groups in total. The third-order valence-electron chi connectivity index (χ3n) is 1.98. The van der Waals surface area contributed by atoms with E-state index in [9.17, 15) is 0 Å². The molecule has 0 aromatic carbocycles. The van der Waals surface area contributed by atoms with E-state index in [0.717, 1.165) is 15.0 Å². The van der Waals surface area contributed by atoms with Crippen LogP contribution >= 0.6 is 22.6 Å². The Kier molecular flexibility index (Phi) is 2.23. The van der Waals surface area contributed by atoms with Crippen LogP contribution in [-0.2, 0) is 0 Å². The molecule has 2 aromatic heterocycles. The molecule has 4 heteroatoms. The van der Waals surface area contributed by atoms with E-state index in [1.54, 1.807) is 6.20 Å². The minimum absolute atomic E-state index is 0.447. The molecule has 0 saturated heterocycles. The predicted molar refractivity (Wildman–Crippen MR) is 59.8 cm³/mol. The standard InChI is InChI=1S/C9H10IN3/c1-6(2)8-7-5-11-3-4-13(7)9(10)12-8/h3-6H,1-2H3. The Balaban J connectivity index is 2.78. The van der Waals surface area contributed by atoms with Crippen molar-refractivity contribution >= 4 is 28.1 Å². The molecule has 0 aliphatic rings.